The van der Waals surface area contributed by atoms with E-state index in [1.807, 2.05) is 11.8 Å². The van der Waals surface area contributed by atoms with Gasteiger partial charge >= 0.3 is 6.03 Å². The molecule has 0 aromatic carbocycles. The zero-order chi connectivity index (χ0) is 12.5. The van der Waals surface area contributed by atoms with Gasteiger partial charge in [0.2, 0.25) is 0 Å². The van der Waals surface area contributed by atoms with Crippen molar-refractivity contribution in [2.24, 2.45) is 0 Å². The number of aromatic nitrogens is 1. The predicted octanol–water partition coefficient (Wildman–Crippen LogP) is 3.00. The molecule has 0 unspecified atom stereocenters. The number of carbonyl (C=O) groups is 1. The van der Waals surface area contributed by atoms with E-state index in [4.69, 9.17) is 11.6 Å². The standard InChI is InChI=1S/C11H16ClN3OS/c1-2-7-17-8-6-14-11(16)15-9-4-3-5-13-10(9)12/h3-5H,2,6-8H2,1H3,(H2,14,15,16). The van der Waals surface area contributed by atoms with Crippen LogP contribution in [0.5, 0.6) is 0 Å². The summed E-state index contributed by atoms with van der Waals surface area (Å²) < 4.78 is 0. The number of nitrogens with one attached hydrogen (secondary N) is 2. The maximum absolute atomic E-state index is 11.5. The van der Waals surface area contributed by atoms with Gasteiger partial charge < -0.3 is 10.6 Å². The van der Waals surface area contributed by atoms with Gasteiger partial charge in [0, 0.05) is 18.5 Å². The molecule has 4 nitrogen and oxygen atoms in total. The van der Waals surface area contributed by atoms with Crippen molar-refractivity contribution in [1.29, 1.82) is 0 Å². The highest BCUT2D eigenvalue weighted by Crippen LogP contribution is 2.16. The second-order valence-corrected chi connectivity index (χ2v) is 4.92. The molecule has 0 aliphatic rings. The van der Waals surface area contributed by atoms with Crippen molar-refractivity contribution in [2.75, 3.05) is 23.4 Å². The minimum absolute atomic E-state index is 0.253. The van der Waals surface area contributed by atoms with Crippen molar-refractivity contribution in [2.45, 2.75) is 13.3 Å². The largest absolute Gasteiger partial charge is 0.337 e. The lowest BCUT2D eigenvalue weighted by atomic mass is 10.4. The number of pyridine rings is 1. The van der Waals surface area contributed by atoms with Gasteiger partial charge in [-0.3, -0.25) is 0 Å². The molecular formula is C11H16ClN3OS. The first-order valence-corrected chi connectivity index (χ1v) is 7.00. The van der Waals surface area contributed by atoms with Crippen LogP contribution in [0.1, 0.15) is 13.3 Å². The van der Waals surface area contributed by atoms with Gasteiger partial charge in [0.05, 0.1) is 5.69 Å². The molecule has 1 heterocycles. The topological polar surface area (TPSA) is 54.0 Å². The lowest BCUT2D eigenvalue weighted by Crippen LogP contribution is -2.30. The summed E-state index contributed by atoms with van der Waals surface area (Å²) in [7, 11) is 0. The van der Waals surface area contributed by atoms with E-state index in [2.05, 4.69) is 22.5 Å². The number of halogens is 1. The number of hydrogen-bond donors (Lipinski definition) is 2. The van der Waals surface area contributed by atoms with E-state index in [1.165, 1.54) is 0 Å². The van der Waals surface area contributed by atoms with Crippen LogP contribution in [0.25, 0.3) is 0 Å². The second kappa shape index (κ2) is 8.20. The minimum atomic E-state index is -0.253. The smallest absolute Gasteiger partial charge is 0.319 e. The molecule has 0 aliphatic heterocycles. The Morgan fingerprint density at radius 2 is 2.35 bits per heavy atom. The monoisotopic (exact) mass is 273 g/mol. The molecule has 17 heavy (non-hydrogen) atoms. The molecule has 0 radical (unpaired) electrons. The van der Waals surface area contributed by atoms with Crippen LogP contribution in [0, 0.1) is 0 Å². The lowest BCUT2D eigenvalue weighted by molar-refractivity contribution is 0.252. The first-order chi connectivity index (χ1) is 8.24. The van der Waals surface area contributed by atoms with E-state index in [9.17, 15) is 4.79 Å². The molecule has 0 bridgehead atoms. The summed E-state index contributed by atoms with van der Waals surface area (Å²) in [5.41, 5.74) is 0.521. The maximum Gasteiger partial charge on any atom is 0.319 e. The Bertz CT molecular complexity index is 362. The van der Waals surface area contributed by atoms with Crippen molar-refractivity contribution >= 4 is 35.1 Å². The van der Waals surface area contributed by atoms with Gasteiger partial charge in [-0.05, 0) is 24.3 Å². The number of nitrogens with zero attached hydrogens (tertiary/aromatic N) is 1. The highest BCUT2D eigenvalue weighted by atomic mass is 35.5. The molecule has 0 fully saturated rings. The molecule has 2 N–H and O–H groups in total. The van der Waals surface area contributed by atoms with Gasteiger partial charge in [-0.25, -0.2) is 9.78 Å². The zero-order valence-electron chi connectivity index (χ0n) is 9.70. The average Bonchev–Trinajstić information content (AvgIpc) is 2.32. The third-order valence-electron chi connectivity index (χ3n) is 1.89. The summed E-state index contributed by atoms with van der Waals surface area (Å²) in [6.07, 6.45) is 2.73. The molecule has 0 spiro atoms. The molecule has 1 aromatic heterocycles. The molecule has 0 aliphatic carbocycles. The number of anilines is 1. The summed E-state index contributed by atoms with van der Waals surface area (Å²) in [6.45, 7) is 2.78. The van der Waals surface area contributed by atoms with E-state index in [0.717, 1.165) is 17.9 Å². The van der Waals surface area contributed by atoms with Crippen molar-refractivity contribution < 1.29 is 4.79 Å². The van der Waals surface area contributed by atoms with Crippen LogP contribution in [-0.2, 0) is 0 Å². The van der Waals surface area contributed by atoms with Crippen LogP contribution in [0.2, 0.25) is 5.15 Å². The SMILES string of the molecule is CCCSCCNC(=O)Nc1cccnc1Cl. The van der Waals surface area contributed by atoms with Crippen molar-refractivity contribution in [3.05, 3.63) is 23.5 Å². The Balaban J connectivity index is 2.23. The fraction of sp³-hybridized carbons (Fsp3) is 0.455. The van der Waals surface area contributed by atoms with Gasteiger partial charge in [0.1, 0.15) is 0 Å². The Morgan fingerprint density at radius 1 is 1.53 bits per heavy atom. The molecular weight excluding hydrogens is 258 g/mol. The van der Waals surface area contributed by atoms with E-state index >= 15 is 0 Å². The summed E-state index contributed by atoms with van der Waals surface area (Å²) in [6, 6.07) is 3.18. The van der Waals surface area contributed by atoms with Crippen LogP contribution in [0.3, 0.4) is 0 Å². The average molecular weight is 274 g/mol. The predicted molar refractivity (Wildman–Crippen MR) is 73.9 cm³/mol. The number of rotatable bonds is 6. The molecule has 1 aromatic rings. The van der Waals surface area contributed by atoms with Gasteiger partial charge in [-0.2, -0.15) is 11.8 Å². The van der Waals surface area contributed by atoms with E-state index in [0.29, 0.717) is 17.4 Å². The Morgan fingerprint density at radius 3 is 3.06 bits per heavy atom. The summed E-state index contributed by atoms with van der Waals surface area (Å²) in [5.74, 6) is 2.04. The van der Waals surface area contributed by atoms with E-state index < -0.39 is 0 Å². The quantitative estimate of drug-likeness (QED) is 0.619. The first-order valence-electron chi connectivity index (χ1n) is 5.47. The second-order valence-electron chi connectivity index (χ2n) is 3.34. The molecule has 0 saturated heterocycles. The van der Waals surface area contributed by atoms with Crippen molar-refractivity contribution in [3.8, 4) is 0 Å². The summed E-state index contributed by atoms with van der Waals surface area (Å²) in [5, 5.41) is 5.70. The van der Waals surface area contributed by atoms with Crippen LogP contribution in [-0.4, -0.2) is 29.1 Å². The Kier molecular flexibility index (Phi) is 6.81. The minimum Gasteiger partial charge on any atom is -0.337 e. The molecule has 0 saturated carbocycles. The van der Waals surface area contributed by atoms with Gasteiger partial charge in [0.25, 0.3) is 0 Å². The molecule has 6 heteroatoms. The van der Waals surface area contributed by atoms with Crippen molar-refractivity contribution in [1.82, 2.24) is 10.3 Å². The zero-order valence-corrected chi connectivity index (χ0v) is 11.3. The number of thioether (sulfide) groups is 1. The van der Waals surface area contributed by atoms with Crippen molar-refractivity contribution in [3.63, 3.8) is 0 Å². The fourth-order valence-electron chi connectivity index (χ4n) is 1.13. The van der Waals surface area contributed by atoms with Crippen LogP contribution < -0.4 is 10.6 Å². The fourth-order valence-corrected chi connectivity index (χ4v) is 2.03. The Hall–Kier alpha value is -0.940. The highest BCUT2D eigenvalue weighted by molar-refractivity contribution is 7.99. The lowest BCUT2D eigenvalue weighted by Gasteiger charge is -2.07. The van der Waals surface area contributed by atoms with Crippen LogP contribution in [0.15, 0.2) is 18.3 Å². The first kappa shape index (κ1) is 14.1. The van der Waals surface area contributed by atoms with Gasteiger partial charge in [-0.1, -0.05) is 18.5 Å². The maximum atomic E-state index is 11.5. The number of amides is 2. The third-order valence-corrected chi connectivity index (χ3v) is 3.38. The van der Waals surface area contributed by atoms with E-state index in [-0.39, 0.29) is 6.03 Å². The van der Waals surface area contributed by atoms with Gasteiger partial charge in [0.15, 0.2) is 5.15 Å². The van der Waals surface area contributed by atoms with Crippen LogP contribution in [0.4, 0.5) is 10.5 Å². The summed E-state index contributed by atoms with van der Waals surface area (Å²) in [4.78, 5) is 15.4. The number of carbonyl (C=O) groups excluding carboxylic acids is 1. The molecule has 2 amide bonds. The molecule has 94 valence electrons. The summed E-state index contributed by atoms with van der Waals surface area (Å²) >= 11 is 7.64. The van der Waals surface area contributed by atoms with Gasteiger partial charge in [-0.15, -0.1) is 0 Å². The molecule has 0 atom stereocenters. The number of urea groups is 1. The van der Waals surface area contributed by atoms with E-state index in [1.54, 1.807) is 18.3 Å². The van der Waals surface area contributed by atoms with Crippen LogP contribution >= 0.6 is 23.4 Å². The molecule has 1 rings (SSSR count). The number of hydrogen-bond acceptors (Lipinski definition) is 3. The normalized spacial score (nSPS) is 10.0. The Labute approximate surface area is 111 Å². The highest BCUT2D eigenvalue weighted by Gasteiger charge is 2.04. The third kappa shape index (κ3) is 5.79.